The lowest BCUT2D eigenvalue weighted by molar-refractivity contribution is -0.122. The Kier molecular flexibility index (Phi) is 7.27. The molecule has 0 bridgehead atoms. The van der Waals surface area contributed by atoms with E-state index in [0.717, 1.165) is 6.42 Å². The highest BCUT2D eigenvalue weighted by atomic mass is 16.1. The normalized spacial score (nSPS) is 10.2. The molecule has 0 radical (unpaired) electrons. The van der Waals surface area contributed by atoms with Crippen LogP contribution < -0.4 is 5.32 Å². The summed E-state index contributed by atoms with van der Waals surface area (Å²) in [5.41, 5.74) is 1.08. The Morgan fingerprint density at radius 1 is 1.12 bits per heavy atom. The van der Waals surface area contributed by atoms with Crippen LogP contribution in [0.5, 0.6) is 0 Å². The van der Waals surface area contributed by atoms with Crippen LogP contribution in [0.15, 0.2) is 30.3 Å². The van der Waals surface area contributed by atoms with Gasteiger partial charge in [0, 0.05) is 12.0 Å². The molecule has 1 rings (SSSR count). The average Bonchev–Trinajstić information content (AvgIpc) is 2.28. The first-order valence-corrected chi connectivity index (χ1v) is 6.32. The molecule has 0 aromatic heterocycles. The van der Waals surface area contributed by atoms with Crippen molar-refractivity contribution in [1.29, 1.82) is 0 Å². The molecular weight excluding hydrogens is 210 g/mol. The van der Waals surface area contributed by atoms with Gasteiger partial charge in [0.15, 0.2) is 0 Å². The standard InChI is InChI=1S/C13H19NO.C2H6/c1-13(2,3)14-12(15)10-9-11-7-5-4-6-8-11;1-2/h4-8H,9-10H2,1-3H3,(H,14,15);1-2H3. The van der Waals surface area contributed by atoms with E-state index in [0.29, 0.717) is 6.42 Å². The van der Waals surface area contributed by atoms with Gasteiger partial charge in [-0.3, -0.25) is 4.79 Å². The van der Waals surface area contributed by atoms with Gasteiger partial charge in [0.25, 0.3) is 0 Å². The molecule has 1 amide bonds. The fraction of sp³-hybridized carbons (Fsp3) is 0.533. The molecule has 0 spiro atoms. The number of carbonyl (C=O) groups excluding carboxylic acids is 1. The number of nitrogens with one attached hydrogen (secondary N) is 1. The largest absolute Gasteiger partial charge is 0.351 e. The highest BCUT2D eigenvalue weighted by Crippen LogP contribution is 2.04. The van der Waals surface area contributed by atoms with E-state index in [-0.39, 0.29) is 11.4 Å². The van der Waals surface area contributed by atoms with Gasteiger partial charge < -0.3 is 5.32 Å². The van der Waals surface area contributed by atoms with Crippen LogP contribution in [-0.2, 0) is 11.2 Å². The smallest absolute Gasteiger partial charge is 0.220 e. The molecule has 0 unspecified atom stereocenters. The van der Waals surface area contributed by atoms with Crippen LogP contribution in [0.1, 0.15) is 46.6 Å². The molecule has 96 valence electrons. The zero-order valence-corrected chi connectivity index (χ0v) is 11.7. The summed E-state index contributed by atoms with van der Waals surface area (Å²) in [5, 5.41) is 2.95. The summed E-state index contributed by atoms with van der Waals surface area (Å²) in [6.45, 7) is 9.98. The fourth-order valence-corrected chi connectivity index (χ4v) is 1.38. The topological polar surface area (TPSA) is 29.1 Å². The molecule has 1 N–H and O–H groups in total. The van der Waals surface area contributed by atoms with Crippen LogP contribution in [0, 0.1) is 0 Å². The van der Waals surface area contributed by atoms with Crippen LogP contribution in [0.3, 0.4) is 0 Å². The fourth-order valence-electron chi connectivity index (χ4n) is 1.38. The third kappa shape index (κ3) is 8.49. The van der Waals surface area contributed by atoms with Crippen molar-refractivity contribution in [1.82, 2.24) is 5.32 Å². The molecule has 0 atom stereocenters. The first-order chi connectivity index (χ1) is 7.97. The molecule has 0 saturated carbocycles. The van der Waals surface area contributed by atoms with Gasteiger partial charge in [0.1, 0.15) is 0 Å². The van der Waals surface area contributed by atoms with Crippen LogP contribution in [0.4, 0.5) is 0 Å². The van der Waals surface area contributed by atoms with Gasteiger partial charge in [0.2, 0.25) is 5.91 Å². The van der Waals surface area contributed by atoms with E-state index < -0.39 is 0 Å². The Labute approximate surface area is 105 Å². The lowest BCUT2D eigenvalue weighted by atomic mass is 10.1. The summed E-state index contributed by atoms with van der Waals surface area (Å²) < 4.78 is 0. The van der Waals surface area contributed by atoms with Crippen LogP contribution in [-0.4, -0.2) is 11.4 Å². The zero-order valence-electron chi connectivity index (χ0n) is 11.7. The van der Waals surface area contributed by atoms with E-state index in [1.165, 1.54) is 5.56 Å². The number of amides is 1. The number of rotatable bonds is 3. The monoisotopic (exact) mass is 235 g/mol. The summed E-state index contributed by atoms with van der Waals surface area (Å²) in [4.78, 5) is 11.5. The van der Waals surface area contributed by atoms with Gasteiger partial charge in [-0.25, -0.2) is 0 Å². The predicted molar refractivity (Wildman–Crippen MR) is 74.0 cm³/mol. The van der Waals surface area contributed by atoms with E-state index in [1.807, 2.05) is 65.0 Å². The summed E-state index contributed by atoms with van der Waals surface area (Å²) in [7, 11) is 0. The van der Waals surface area contributed by atoms with Crippen molar-refractivity contribution < 1.29 is 4.79 Å². The van der Waals surface area contributed by atoms with Gasteiger partial charge in [-0.05, 0) is 32.8 Å². The maximum atomic E-state index is 11.5. The molecule has 17 heavy (non-hydrogen) atoms. The summed E-state index contributed by atoms with van der Waals surface area (Å²) in [5.74, 6) is 0.117. The Hall–Kier alpha value is -1.31. The predicted octanol–water partition coefficient (Wildman–Crippen LogP) is 3.56. The number of carbonyl (C=O) groups is 1. The van der Waals surface area contributed by atoms with Gasteiger partial charge in [0.05, 0.1) is 0 Å². The first-order valence-electron chi connectivity index (χ1n) is 6.32. The van der Waals surface area contributed by atoms with Gasteiger partial charge in [-0.1, -0.05) is 44.2 Å². The number of hydrogen-bond donors (Lipinski definition) is 1. The van der Waals surface area contributed by atoms with E-state index >= 15 is 0 Å². The van der Waals surface area contributed by atoms with E-state index in [1.54, 1.807) is 0 Å². The van der Waals surface area contributed by atoms with E-state index in [2.05, 4.69) is 5.32 Å². The average molecular weight is 235 g/mol. The number of hydrogen-bond acceptors (Lipinski definition) is 1. The SMILES string of the molecule is CC.CC(C)(C)NC(=O)CCc1ccccc1. The minimum atomic E-state index is -0.131. The van der Waals surface area contributed by atoms with Crippen molar-refractivity contribution in [3.63, 3.8) is 0 Å². The first kappa shape index (κ1) is 15.7. The Balaban J connectivity index is 0.00000121. The maximum Gasteiger partial charge on any atom is 0.220 e. The second kappa shape index (κ2) is 7.88. The minimum absolute atomic E-state index is 0.117. The Morgan fingerprint density at radius 3 is 2.12 bits per heavy atom. The maximum absolute atomic E-state index is 11.5. The van der Waals surface area contributed by atoms with Gasteiger partial charge in [-0.15, -0.1) is 0 Å². The summed E-state index contributed by atoms with van der Waals surface area (Å²) >= 11 is 0. The number of benzene rings is 1. The van der Waals surface area contributed by atoms with E-state index in [4.69, 9.17) is 0 Å². The van der Waals surface area contributed by atoms with Gasteiger partial charge >= 0.3 is 0 Å². The third-order valence-corrected chi connectivity index (χ3v) is 2.00. The zero-order chi connectivity index (χ0) is 13.3. The molecule has 0 aliphatic rings. The van der Waals surface area contributed by atoms with Crippen molar-refractivity contribution in [3.05, 3.63) is 35.9 Å². The molecule has 1 aromatic carbocycles. The lowest BCUT2D eigenvalue weighted by Gasteiger charge is -2.20. The van der Waals surface area contributed by atoms with Crippen molar-refractivity contribution in [2.24, 2.45) is 0 Å². The van der Waals surface area contributed by atoms with E-state index in [9.17, 15) is 4.79 Å². The van der Waals surface area contributed by atoms with Crippen LogP contribution in [0.2, 0.25) is 0 Å². The molecule has 0 aliphatic heterocycles. The number of aryl methyl sites for hydroxylation is 1. The van der Waals surface area contributed by atoms with Gasteiger partial charge in [-0.2, -0.15) is 0 Å². The third-order valence-electron chi connectivity index (χ3n) is 2.00. The van der Waals surface area contributed by atoms with Crippen LogP contribution in [0.25, 0.3) is 0 Å². The highest BCUT2D eigenvalue weighted by molar-refractivity contribution is 5.76. The molecule has 1 aromatic rings. The quantitative estimate of drug-likeness (QED) is 0.852. The molecule has 2 nitrogen and oxygen atoms in total. The minimum Gasteiger partial charge on any atom is -0.351 e. The molecule has 2 heteroatoms. The van der Waals surface area contributed by atoms with Crippen molar-refractivity contribution in [2.45, 2.75) is 53.0 Å². The van der Waals surface area contributed by atoms with Crippen LogP contribution >= 0.6 is 0 Å². The second-order valence-corrected chi connectivity index (χ2v) is 4.78. The van der Waals surface area contributed by atoms with Crippen molar-refractivity contribution in [3.8, 4) is 0 Å². The molecule has 0 saturated heterocycles. The lowest BCUT2D eigenvalue weighted by Crippen LogP contribution is -2.40. The molecule has 0 fully saturated rings. The Morgan fingerprint density at radius 2 is 1.65 bits per heavy atom. The molecule has 0 aliphatic carbocycles. The van der Waals surface area contributed by atoms with Crippen molar-refractivity contribution >= 4 is 5.91 Å². The molecule has 0 heterocycles. The molecular formula is C15H25NO. The van der Waals surface area contributed by atoms with Crippen molar-refractivity contribution in [2.75, 3.05) is 0 Å². The Bertz CT molecular complexity index is 311. The summed E-state index contributed by atoms with van der Waals surface area (Å²) in [6, 6.07) is 10.1. The summed E-state index contributed by atoms with van der Waals surface area (Å²) in [6.07, 6.45) is 1.37. The highest BCUT2D eigenvalue weighted by Gasteiger charge is 2.12. The second-order valence-electron chi connectivity index (χ2n) is 4.78.